The zero-order valence-electron chi connectivity index (χ0n) is 26.2. The Balaban J connectivity index is 0.00000200. The lowest BCUT2D eigenvalue weighted by atomic mass is 9.93. The highest BCUT2D eigenvalue weighted by molar-refractivity contribution is 6.31. The number of nitrogens with one attached hydrogen (secondary N) is 1. The molecule has 3 aliphatic heterocycles. The van der Waals surface area contributed by atoms with Gasteiger partial charge in [0.05, 0.1) is 18.7 Å². The highest BCUT2D eigenvalue weighted by Crippen LogP contribution is 2.33. The van der Waals surface area contributed by atoms with Gasteiger partial charge < -0.3 is 10.1 Å². The smallest absolute Gasteiger partial charge is 0.416 e. The predicted molar refractivity (Wildman–Crippen MR) is 191 cm³/mol. The minimum absolute atomic E-state index is 0. The molecule has 1 fully saturated rings. The van der Waals surface area contributed by atoms with E-state index in [2.05, 4.69) is 44.4 Å². The number of likely N-dealkylation sites (tertiary alicyclic amines) is 1. The first kappa shape index (κ1) is 39.2. The lowest BCUT2D eigenvalue weighted by Gasteiger charge is -2.32. The number of piperidine rings is 1. The van der Waals surface area contributed by atoms with Crippen LogP contribution in [0, 0.1) is 5.92 Å². The summed E-state index contributed by atoms with van der Waals surface area (Å²) in [4.78, 5) is 9.09. The maximum Gasteiger partial charge on any atom is 0.416 e. The van der Waals surface area contributed by atoms with Crippen molar-refractivity contribution in [3.8, 4) is 5.75 Å². The van der Waals surface area contributed by atoms with Crippen molar-refractivity contribution in [2.24, 2.45) is 10.9 Å². The molecule has 0 bridgehead atoms. The molecule has 3 aromatic carbocycles. The summed E-state index contributed by atoms with van der Waals surface area (Å²) >= 11 is 6.63. The van der Waals surface area contributed by atoms with E-state index in [0.29, 0.717) is 24.6 Å². The van der Waals surface area contributed by atoms with Crippen molar-refractivity contribution < 1.29 is 17.9 Å². The van der Waals surface area contributed by atoms with Gasteiger partial charge in [0.1, 0.15) is 11.6 Å². The average Bonchev–Trinajstić information content (AvgIpc) is 3.47. The molecule has 1 saturated heterocycles. The molecule has 47 heavy (non-hydrogen) atoms. The average molecular weight is 735 g/mol. The topological polar surface area (TPSA) is 40.1 Å². The molecule has 0 spiro atoms. The Morgan fingerprint density at radius 2 is 1.64 bits per heavy atom. The van der Waals surface area contributed by atoms with Crippen molar-refractivity contribution in [2.75, 3.05) is 39.3 Å². The molecule has 0 aromatic heterocycles. The van der Waals surface area contributed by atoms with E-state index in [0.717, 1.165) is 105 Å². The van der Waals surface area contributed by atoms with Crippen molar-refractivity contribution in [1.82, 2.24) is 15.1 Å². The number of rotatable bonds is 9. The van der Waals surface area contributed by atoms with Gasteiger partial charge in [-0.25, -0.2) is 0 Å². The first-order chi connectivity index (χ1) is 21.3. The fourth-order valence-corrected chi connectivity index (χ4v) is 6.88. The van der Waals surface area contributed by atoms with Gasteiger partial charge >= 0.3 is 6.18 Å². The van der Waals surface area contributed by atoms with E-state index in [9.17, 15) is 13.2 Å². The zero-order chi connectivity index (χ0) is 30.5. The van der Waals surface area contributed by atoms with Crippen molar-refractivity contribution in [1.29, 1.82) is 0 Å². The Hall–Kier alpha value is -2.20. The second kappa shape index (κ2) is 18.0. The number of nitrogens with zero attached hydrogens (tertiary/aromatic N) is 3. The largest absolute Gasteiger partial charge is 0.494 e. The van der Waals surface area contributed by atoms with Crippen LogP contribution in [0.25, 0.3) is 0 Å². The molecule has 3 heterocycles. The molecule has 0 atom stereocenters. The van der Waals surface area contributed by atoms with Gasteiger partial charge in [-0.1, -0.05) is 48.0 Å². The minimum Gasteiger partial charge on any atom is -0.494 e. The number of alkyl halides is 3. The summed E-state index contributed by atoms with van der Waals surface area (Å²) in [7, 11) is 0. The van der Waals surface area contributed by atoms with Gasteiger partial charge in [0, 0.05) is 36.8 Å². The molecule has 1 N–H and O–H groups in total. The summed E-state index contributed by atoms with van der Waals surface area (Å²) in [5.74, 6) is 2.40. The molecule has 0 aliphatic carbocycles. The molecule has 5 nitrogen and oxygen atoms in total. The second-order valence-corrected chi connectivity index (χ2v) is 12.6. The zero-order valence-corrected chi connectivity index (χ0v) is 29.4. The molecular formula is C35H43Cl4F3N4O. The van der Waals surface area contributed by atoms with E-state index in [1.54, 1.807) is 12.1 Å². The highest BCUT2D eigenvalue weighted by Gasteiger charge is 2.33. The molecule has 0 amide bonds. The maximum absolute atomic E-state index is 13.6. The molecule has 3 aliphatic rings. The molecule has 12 heteroatoms. The van der Waals surface area contributed by atoms with Crippen LogP contribution >= 0.6 is 48.8 Å². The van der Waals surface area contributed by atoms with Gasteiger partial charge in [-0.15, -0.1) is 37.2 Å². The SMILES string of the molecule is Cl.Cl.Cl.FC(F)(F)c1ccccc1CN1CCCc2ccc(OCCC3CCN(Cc4ccc(C5=NCCN5)cc4Cl)CC3)cc2C1. The first-order valence-electron chi connectivity index (χ1n) is 15.7. The van der Waals surface area contributed by atoms with E-state index in [1.165, 1.54) is 17.7 Å². The van der Waals surface area contributed by atoms with E-state index >= 15 is 0 Å². The molecule has 3 aromatic rings. The van der Waals surface area contributed by atoms with Gasteiger partial charge in [0.25, 0.3) is 0 Å². The molecule has 0 unspecified atom stereocenters. The third kappa shape index (κ3) is 10.4. The van der Waals surface area contributed by atoms with Crippen LogP contribution in [0.3, 0.4) is 0 Å². The summed E-state index contributed by atoms with van der Waals surface area (Å²) in [5, 5.41) is 4.10. The predicted octanol–water partition coefficient (Wildman–Crippen LogP) is 8.60. The monoisotopic (exact) mass is 732 g/mol. The van der Waals surface area contributed by atoms with Gasteiger partial charge in [0.2, 0.25) is 0 Å². The maximum atomic E-state index is 13.6. The summed E-state index contributed by atoms with van der Waals surface area (Å²) in [6.45, 7) is 6.97. The number of aliphatic imine (C=N–C) groups is 1. The van der Waals surface area contributed by atoms with Gasteiger partial charge in [-0.05, 0) is 104 Å². The quantitative estimate of drug-likeness (QED) is 0.239. The van der Waals surface area contributed by atoms with Crippen molar-refractivity contribution >= 4 is 54.7 Å². The Morgan fingerprint density at radius 1 is 0.872 bits per heavy atom. The van der Waals surface area contributed by atoms with Crippen LogP contribution in [0.5, 0.6) is 5.75 Å². The lowest BCUT2D eigenvalue weighted by Crippen LogP contribution is -2.33. The van der Waals surface area contributed by atoms with Crippen LogP contribution in [0.15, 0.2) is 65.7 Å². The number of hydrogen-bond acceptors (Lipinski definition) is 5. The lowest BCUT2D eigenvalue weighted by molar-refractivity contribution is -0.138. The summed E-state index contributed by atoms with van der Waals surface area (Å²) in [6, 6.07) is 18.4. The number of benzene rings is 3. The third-order valence-electron chi connectivity index (χ3n) is 9.11. The number of halogens is 7. The highest BCUT2D eigenvalue weighted by atomic mass is 35.5. The number of hydrogen-bond donors (Lipinski definition) is 1. The van der Waals surface area contributed by atoms with Crippen molar-refractivity contribution in [3.63, 3.8) is 0 Å². The van der Waals surface area contributed by atoms with E-state index < -0.39 is 11.7 Å². The standard InChI is InChI=1S/C35H40ClF3N4O.3ClH/c36-33-21-27(34-40-14-15-41-34)7-8-29(33)23-42-17-11-25(12-18-42)13-19-44-31-10-9-26-5-3-16-43(24-30(26)20-31)22-28-4-1-2-6-32(28)35(37,38)39;;;/h1-2,4,6-10,20-21,25H,3,5,11-19,22-24H2,(H,40,41);3*1H. The minimum atomic E-state index is -4.35. The van der Waals surface area contributed by atoms with Gasteiger partial charge in [-0.3, -0.25) is 14.8 Å². The fraction of sp³-hybridized carbons (Fsp3) is 0.457. The van der Waals surface area contributed by atoms with E-state index in [-0.39, 0.29) is 43.8 Å². The number of amidine groups is 1. The Kier molecular flexibility index (Phi) is 15.0. The summed E-state index contributed by atoms with van der Waals surface area (Å²) in [6.07, 6.45) is 0.783. The third-order valence-corrected chi connectivity index (χ3v) is 9.46. The van der Waals surface area contributed by atoms with E-state index in [4.69, 9.17) is 16.3 Å². The van der Waals surface area contributed by atoms with Crippen LogP contribution in [0.4, 0.5) is 13.2 Å². The Bertz CT molecular complexity index is 1480. The normalized spacial score (nSPS) is 17.2. The summed E-state index contributed by atoms with van der Waals surface area (Å²) in [5.41, 5.74) is 4.40. The number of fused-ring (bicyclic) bond motifs is 1. The van der Waals surface area contributed by atoms with Crippen molar-refractivity contribution in [3.05, 3.63) is 99.1 Å². The Morgan fingerprint density at radius 3 is 2.36 bits per heavy atom. The first-order valence-corrected chi connectivity index (χ1v) is 16.1. The molecule has 0 radical (unpaired) electrons. The molecule has 0 saturated carbocycles. The van der Waals surface area contributed by atoms with Gasteiger partial charge in [0.15, 0.2) is 0 Å². The molecule has 258 valence electrons. The number of aryl methyl sites for hydroxylation is 1. The van der Waals surface area contributed by atoms with E-state index in [1.807, 2.05) is 12.1 Å². The van der Waals surface area contributed by atoms with Crippen LogP contribution < -0.4 is 10.1 Å². The van der Waals surface area contributed by atoms with Crippen molar-refractivity contribution in [2.45, 2.75) is 57.9 Å². The summed E-state index contributed by atoms with van der Waals surface area (Å²) < 4.78 is 46.9. The van der Waals surface area contributed by atoms with Crippen LogP contribution in [-0.4, -0.2) is 55.0 Å². The fourth-order valence-electron chi connectivity index (χ4n) is 6.64. The molecular weight excluding hydrogens is 691 g/mol. The Labute approximate surface area is 299 Å². The van der Waals surface area contributed by atoms with Crippen LogP contribution in [0.2, 0.25) is 5.02 Å². The molecule has 6 rings (SSSR count). The van der Waals surface area contributed by atoms with Crippen LogP contribution in [-0.2, 0) is 32.2 Å². The second-order valence-electron chi connectivity index (χ2n) is 12.2. The van der Waals surface area contributed by atoms with Crippen LogP contribution in [0.1, 0.15) is 59.1 Å². The van der Waals surface area contributed by atoms with Gasteiger partial charge in [-0.2, -0.15) is 13.2 Å². The number of ether oxygens (including phenoxy) is 1.